The highest BCUT2D eigenvalue weighted by molar-refractivity contribution is 7.89. The molecule has 2 nitrogen and oxygen atoms in total. The first-order valence-corrected chi connectivity index (χ1v) is 8.78. The van der Waals surface area contributed by atoms with Crippen molar-refractivity contribution in [3.05, 3.63) is 53.0 Å². The Kier molecular flexibility index (Phi) is 8.24. The summed E-state index contributed by atoms with van der Waals surface area (Å²) >= 11 is 0. The van der Waals surface area contributed by atoms with E-state index in [9.17, 15) is 9.32 Å². The molecule has 1 aromatic rings. The molecule has 0 aromatic heterocycles. The number of benzene rings is 1. The van der Waals surface area contributed by atoms with Gasteiger partial charge in [-0.3, -0.25) is 0 Å². The van der Waals surface area contributed by atoms with Crippen LogP contribution in [0, 0.1) is 6.92 Å². The molecular weight excluding hydrogens is 280 g/mol. The maximum absolute atomic E-state index is 12.7. The van der Waals surface area contributed by atoms with Crippen LogP contribution in [0.4, 0.5) is 0 Å². The molecule has 0 spiro atoms. The summed E-state index contributed by atoms with van der Waals surface area (Å²) in [6.45, 7) is 6.14. The van der Waals surface area contributed by atoms with Gasteiger partial charge in [-0.1, -0.05) is 50.5 Å². The van der Waals surface area contributed by atoms with E-state index in [-0.39, 0.29) is 0 Å². The van der Waals surface area contributed by atoms with Gasteiger partial charge in [-0.15, -0.1) is 0 Å². The predicted molar refractivity (Wildman–Crippen MR) is 90.6 cm³/mol. The van der Waals surface area contributed by atoms with E-state index in [0.717, 1.165) is 29.7 Å². The zero-order valence-corrected chi connectivity index (χ0v) is 14.0. The summed E-state index contributed by atoms with van der Waals surface area (Å²) in [5.41, 5.74) is 1.15. The molecule has 0 aliphatic rings. The fraction of sp³-hybridized carbons (Fsp3) is 0.444. The zero-order chi connectivity index (χ0) is 15.7. The predicted octanol–water partition coefficient (Wildman–Crippen LogP) is 4.50. The summed E-state index contributed by atoms with van der Waals surface area (Å²) in [6, 6.07) is 7.69. The maximum atomic E-state index is 12.7. The van der Waals surface area contributed by atoms with Gasteiger partial charge in [-0.05, 0) is 44.1 Å². The van der Waals surface area contributed by atoms with Gasteiger partial charge in [0.1, 0.15) is 0 Å². The molecule has 0 saturated carbocycles. The number of rotatable bonds is 8. The van der Waals surface area contributed by atoms with Gasteiger partial charge >= 0.3 is 0 Å². The van der Waals surface area contributed by atoms with Crippen LogP contribution in [0.2, 0.25) is 0 Å². The number of aryl methyl sites for hydroxylation is 1. The molecule has 1 aromatic carbocycles. The lowest BCUT2D eigenvalue weighted by molar-refractivity contribution is 0.209. The van der Waals surface area contributed by atoms with Crippen LogP contribution in [0.1, 0.15) is 45.1 Å². The molecule has 3 heteroatoms. The van der Waals surface area contributed by atoms with Crippen LogP contribution in [-0.4, -0.2) is 15.4 Å². The monoisotopic (exact) mass is 306 g/mol. The highest BCUT2D eigenvalue weighted by Gasteiger charge is 2.10. The molecule has 1 unspecified atom stereocenters. The Morgan fingerprint density at radius 1 is 1.29 bits per heavy atom. The molecule has 0 fully saturated rings. The SMILES string of the molecule is CC/C=C/C(=C\[C@H](O)CCCC)S(=O)c1ccc(C)cc1. The van der Waals surface area contributed by atoms with Gasteiger partial charge in [0.15, 0.2) is 0 Å². The molecule has 0 heterocycles. The van der Waals surface area contributed by atoms with Crippen LogP contribution in [0.5, 0.6) is 0 Å². The third-order valence-corrected chi connectivity index (χ3v) is 4.58. The Hall–Kier alpha value is -1.19. The van der Waals surface area contributed by atoms with E-state index in [1.165, 1.54) is 0 Å². The summed E-state index contributed by atoms with van der Waals surface area (Å²) in [6.07, 6.45) is 8.66. The highest BCUT2D eigenvalue weighted by Crippen LogP contribution is 2.18. The van der Waals surface area contributed by atoms with Crippen LogP contribution in [0.3, 0.4) is 0 Å². The van der Waals surface area contributed by atoms with E-state index in [4.69, 9.17) is 0 Å². The van der Waals surface area contributed by atoms with E-state index < -0.39 is 16.9 Å². The van der Waals surface area contributed by atoms with Crippen molar-refractivity contribution in [1.82, 2.24) is 0 Å². The lowest BCUT2D eigenvalue weighted by Gasteiger charge is -2.08. The Balaban J connectivity index is 2.95. The number of hydrogen-bond acceptors (Lipinski definition) is 2. The zero-order valence-electron chi connectivity index (χ0n) is 13.2. The Labute approximate surface area is 131 Å². The van der Waals surface area contributed by atoms with Gasteiger partial charge in [0.2, 0.25) is 0 Å². The van der Waals surface area contributed by atoms with Crippen LogP contribution in [0.25, 0.3) is 0 Å². The lowest BCUT2D eigenvalue weighted by Crippen LogP contribution is -2.05. The maximum Gasteiger partial charge on any atom is 0.0847 e. The Morgan fingerprint density at radius 2 is 1.95 bits per heavy atom. The summed E-state index contributed by atoms with van der Waals surface area (Å²) in [4.78, 5) is 1.46. The second kappa shape index (κ2) is 9.69. The molecule has 116 valence electrons. The molecule has 2 atom stereocenters. The normalized spacial score (nSPS) is 15.3. The second-order valence-corrected chi connectivity index (χ2v) is 6.65. The van der Waals surface area contributed by atoms with Crippen molar-refractivity contribution in [2.75, 3.05) is 0 Å². The molecule has 0 radical (unpaired) electrons. The van der Waals surface area contributed by atoms with Crippen molar-refractivity contribution in [2.45, 2.75) is 57.5 Å². The number of aliphatic hydroxyl groups is 1. The van der Waals surface area contributed by atoms with E-state index in [1.54, 1.807) is 6.08 Å². The van der Waals surface area contributed by atoms with Crippen LogP contribution in [0.15, 0.2) is 52.3 Å². The van der Waals surface area contributed by atoms with Gasteiger partial charge in [0.05, 0.1) is 16.9 Å². The second-order valence-electron chi connectivity index (χ2n) is 5.17. The first-order chi connectivity index (χ1) is 10.1. The third kappa shape index (κ3) is 6.40. The summed E-state index contributed by atoms with van der Waals surface area (Å²) in [5, 5.41) is 10.0. The van der Waals surface area contributed by atoms with Gasteiger partial charge in [-0.25, -0.2) is 4.21 Å². The molecule has 0 amide bonds. The van der Waals surface area contributed by atoms with Gasteiger partial charge in [0, 0.05) is 9.80 Å². The fourth-order valence-electron chi connectivity index (χ4n) is 1.90. The van der Waals surface area contributed by atoms with Crippen LogP contribution >= 0.6 is 0 Å². The average Bonchev–Trinajstić information content (AvgIpc) is 2.49. The molecule has 0 saturated heterocycles. The van der Waals surface area contributed by atoms with Gasteiger partial charge in [-0.2, -0.15) is 0 Å². The summed E-state index contributed by atoms with van der Waals surface area (Å²) in [5.74, 6) is 0. The summed E-state index contributed by atoms with van der Waals surface area (Å²) < 4.78 is 12.7. The van der Waals surface area contributed by atoms with Gasteiger partial charge < -0.3 is 5.11 Å². The van der Waals surface area contributed by atoms with Crippen molar-refractivity contribution in [3.8, 4) is 0 Å². The molecule has 1 N–H and O–H groups in total. The molecule has 0 aliphatic carbocycles. The van der Waals surface area contributed by atoms with E-state index in [2.05, 4.69) is 6.92 Å². The van der Waals surface area contributed by atoms with Crippen molar-refractivity contribution < 1.29 is 9.32 Å². The number of allylic oxidation sites excluding steroid dienone is 2. The van der Waals surface area contributed by atoms with Crippen molar-refractivity contribution >= 4 is 10.8 Å². The number of hydrogen-bond donors (Lipinski definition) is 1. The molecular formula is C18H26O2S. The minimum atomic E-state index is -1.24. The molecule has 1 rings (SSSR count). The third-order valence-electron chi connectivity index (χ3n) is 3.18. The lowest BCUT2D eigenvalue weighted by atomic mass is 10.1. The standard InChI is InChI=1S/C18H26O2S/c1-4-6-8-16(19)14-18(9-7-5-2)21(20)17-12-10-15(3)11-13-17/h7,9-14,16,19H,4-6,8H2,1-3H3/b9-7+,18-14+/t16-,21?/m1/s1. The van der Waals surface area contributed by atoms with Crippen molar-refractivity contribution in [3.63, 3.8) is 0 Å². The van der Waals surface area contributed by atoms with E-state index in [1.807, 2.05) is 50.3 Å². The Morgan fingerprint density at radius 3 is 2.52 bits per heavy atom. The highest BCUT2D eigenvalue weighted by atomic mass is 32.2. The topological polar surface area (TPSA) is 37.3 Å². The number of unbranched alkanes of at least 4 members (excludes halogenated alkanes) is 1. The smallest absolute Gasteiger partial charge is 0.0847 e. The minimum absolute atomic E-state index is 0.532. The first kappa shape index (κ1) is 17.9. The largest absolute Gasteiger partial charge is 0.389 e. The average molecular weight is 306 g/mol. The van der Waals surface area contributed by atoms with E-state index in [0.29, 0.717) is 11.3 Å². The molecule has 0 bridgehead atoms. The van der Waals surface area contributed by atoms with Crippen molar-refractivity contribution in [2.24, 2.45) is 0 Å². The van der Waals surface area contributed by atoms with Crippen LogP contribution in [-0.2, 0) is 10.8 Å². The Bertz CT molecular complexity index is 500. The van der Waals surface area contributed by atoms with Crippen LogP contribution < -0.4 is 0 Å². The quantitative estimate of drug-likeness (QED) is 0.718. The number of aliphatic hydroxyl groups excluding tert-OH is 1. The summed E-state index contributed by atoms with van der Waals surface area (Å²) in [7, 11) is -1.24. The van der Waals surface area contributed by atoms with Gasteiger partial charge in [0.25, 0.3) is 0 Å². The minimum Gasteiger partial charge on any atom is -0.389 e. The van der Waals surface area contributed by atoms with E-state index >= 15 is 0 Å². The van der Waals surface area contributed by atoms with Crippen molar-refractivity contribution in [1.29, 1.82) is 0 Å². The molecule has 0 aliphatic heterocycles. The first-order valence-electron chi connectivity index (χ1n) is 7.63. The molecule has 21 heavy (non-hydrogen) atoms. The fourth-order valence-corrected chi connectivity index (χ4v) is 3.05.